The Balaban J connectivity index is 1.48. The summed E-state index contributed by atoms with van der Waals surface area (Å²) in [5.74, 6) is -5.38. The Labute approximate surface area is 204 Å². The first-order valence-electron chi connectivity index (χ1n) is 11.0. The smallest absolute Gasteiger partial charge is 0.237 e. The zero-order chi connectivity index (χ0) is 24.5. The minimum absolute atomic E-state index is 0.0383. The Morgan fingerprint density at radius 3 is 2.03 bits per heavy atom. The van der Waals surface area contributed by atoms with Crippen LogP contribution in [0.5, 0.6) is 0 Å². The van der Waals surface area contributed by atoms with E-state index in [1.54, 1.807) is 36.4 Å². The molecule has 2 heterocycles. The summed E-state index contributed by atoms with van der Waals surface area (Å²) in [6.45, 7) is -0.0383. The number of imide groups is 1. The quantitative estimate of drug-likeness (QED) is 0.407. The van der Waals surface area contributed by atoms with E-state index in [1.807, 2.05) is 0 Å². The number of ketones is 2. The van der Waals surface area contributed by atoms with Crippen LogP contribution in [0.4, 0.5) is 4.39 Å². The molecule has 3 aromatic carbocycles. The van der Waals surface area contributed by atoms with E-state index in [2.05, 4.69) is 0 Å². The largest absolute Gasteiger partial charge is 0.349 e. The van der Waals surface area contributed by atoms with Gasteiger partial charge in [0, 0.05) is 16.1 Å². The number of Topliss-reactive ketones (excluding diaryl/α,β-unsaturated/α-hetero) is 2. The van der Waals surface area contributed by atoms with Gasteiger partial charge in [0.05, 0.1) is 24.5 Å². The monoisotopic (exact) mass is 489 g/mol. The molecule has 35 heavy (non-hydrogen) atoms. The molecule has 2 aliphatic heterocycles. The van der Waals surface area contributed by atoms with Gasteiger partial charge in [0.25, 0.3) is 0 Å². The molecule has 0 N–H and O–H groups in total. The zero-order valence-electron chi connectivity index (χ0n) is 18.1. The van der Waals surface area contributed by atoms with Crippen molar-refractivity contribution in [3.8, 4) is 0 Å². The number of hydrogen-bond acceptors (Lipinski definition) is 5. The molecule has 1 spiro atoms. The van der Waals surface area contributed by atoms with Gasteiger partial charge in [0.2, 0.25) is 29.0 Å². The topological polar surface area (TPSA) is 80.8 Å². The lowest BCUT2D eigenvalue weighted by molar-refractivity contribution is -0.145. The number of halogens is 2. The van der Waals surface area contributed by atoms with Crippen LogP contribution in [0, 0.1) is 17.7 Å². The van der Waals surface area contributed by atoms with Crippen LogP contribution in [-0.4, -0.2) is 33.9 Å². The van der Waals surface area contributed by atoms with Gasteiger partial charge in [-0.1, -0.05) is 60.1 Å². The summed E-state index contributed by atoms with van der Waals surface area (Å²) in [6.07, 6.45) is -1.07. The summed E-state index contributed by atoms with van der Waals surface area (Å²) in [5.41, 5.74) is -0.754. The molecule has 3 atom stereocenters. The van der Waals surface area contributed by atoms with Crippen molar-refractivity contribution < 1.29 is 28.3 Å². The van der Waals surface area contributed by atoms with Crippen molar-refractivity contribution >= 4 is 35.0 Å². The lowest BCUT2D eigenvalue weighted by atomic mass is 9.77. The average molecular weight is 490 g/mol. The number of carbonyl (C=O) groups is 4. The molecule has 3 aliphatic rings. The molecule has 174 valence electrons. The SMILES string of the molecule is O=C1[C@@H]2[C@@H](c3ccc(F)cc3)OC3(C(=O)c4ccccc4C3=O)[C@H]2C(=O)N1Cc1ccc(Cl)cc1. The second-order valence-corrected chi connectivity index (χ2v) is 9.36. The highest BCUT2D eigenvalue weighted by Crippen LogP contribution is 2.57. The van der Waals surface area contributed by atoms with Gasteiger partial charge in [-0.3, -0.25) is 24.1 Å². The number of nitrogens with zero attached hydrogens (tertiary/aromatic N) is 1. The summed E-state index contributed by atoms with van der Waals surface area (Å²) >= 11 is 5.95. The summed E-state index contributed by atoms with van der Waals surface area (Å²) in [6, 6.07) is 18.3. The maximum Gasteiger partial charge on any atom is 0.237 e. The summed E-state index contributed by atoms with van der Waals surface area (Å²) in [4.78, 5) is 55.8. The lowest BCUT2D eigenvalue weighted by Gasteiger charge is -2.27. The van der Waals surface area contributed by atoms with E-state index in [4.69, 9.17) is 16.3 Å². The van der Waals surface area contributed by atoms with Crippen LogP contribution in [0.2, 0.25) is 5.02 Å². The second kappa shape index (κ2) is 7.66. The van der Waals surface area contributed by atoms with Gasteiger partial charge in [-0.2, -0.15) is 0 Å². The van der Waals surface area contributed by atoms with Crippen LogP contribution in [0.25, 0.3) is 0 Å². The van der Waals surface area contributed by atoms with Crippen molar-refractivity contribution in [2.75, 3.05) is 0 Å². The number of rotatable bonds is 3. The highest BCUT2D eigenvalue weighted by molar-refractivity contribution is 6.35. The summed E-state index contributed by atoms with van der Waals surface area (Å²) < 4.78 is 19.8. The molecule has 6 rings (SSSR count). The standard InChI is InChI=1S/C27H17ClFNO5/c28-16-9-5-14(6-10-16)13-30-25(33)20-21(26(30)34)27(35-22(20)15-7-11-17(29)12-8-15)23(31)18-3-1-2-4-19(18)24(27)32/h1-12,20-22H,13H2/t20-,21+,22+/m0/s1. The molecule has 6 nitrogen and oxygen atoms in total. The van der Waals surface area contributed by atoms with E-state index in [-0.39, 0.29) is 17.7 Å². The van der Waals surface area contributed by atoms with Crippen LogP contribution >= 0.6 is 11.6 Å². The molecule has 0 saturated carbocycles. The molecule has 3 aromatic rings. The van der Waals surface area contributed by atoms with Gasteiger partial charge < -0.3 is 4.74 Å². The Kier molecular flexibility index (Phi) is 4.78. The minimum Gasteiger partial charge on any atom is -0.349 e. The molecule has 0 radical (unpaired) electrons. The number of hydrogen-bond donors (Lipinski definition) is 0. The Hall–Kier alpha value is -3.68. The van der Waals surface area contributed by atoms with Crippen molar-refractivity contribution in [3.63, 3.8) is 0 Å². The fraction of sp³-hybridized carbons (Fsp3) is 0.185. The van der Waals surface area contributed by atoms with Crippen LogP contribution in [0.1, 0.15) is 37.9 Å². The van der Waals surface area contributed by atoms with Gasteiger partial charge in [0.15, 0.2) is 0 Å². The highest BCUT2D eigenvalue weighted by Gasteiger charge is 2.74. The molecular formula is C27H17ClFNO5. The van der Waals surface area contributed by atoms with Crippen molar-refractivity contribution in [2.24, 2.45) is 11.8 Å². The number of amides is 2. The fourth-order valence-electron chi connectivity index (χ4n) is 5.46. The normalized spacial score (nSPS) is 24.4. The third-order valence-electron chi connectivity index (χ3n) is 7.06. The molecular weight excluding hydrogens is 473 g/mol. The third kappa shape index (κ3) is 2.98. The van der Waals surface area contributed by atoms with Gasteiger partial charge in [-0.25, -0.2) is 4.39 Å². The maximum atomic E-state index is 13.7. The maximum absolute atomic E-state index is 13.7. The summed E-state index contributed by atoms with van der Waals surface area (Å²) in [7, 11) is 0. The van der Waals surface area contributed by atoms with E-state index in [0.717, 1.165) is 4.90 Å². The first-order valence-corrected chi connectivity index (χ1v) is 11.4. The molecule has 8 heteroatoms. The Morgan fingerprint density at radius 1 is 0.829 bits per heavy atom. The highest BCUT2D eigenvalue weighted by atomic mass is 35.5. The van der Waals surface area contributed by atoms with Crippen molar-refractivity contribution in [3.05, 3.63) is 106 Å². The Morgan fingerprint density at radius 2 is 1.43 bits per heavy atom. The average Bonchev–Trinajstić information content (AvgIpc) is 3.42. The third-order valence-corrected chi connectivity index (χ3v) is 7.31. The Bertz CT molecular complexity index is 1380. The van der Waals surface area contributed by atoms with E-state index in [0.29, 0.717) is 16.1 Å². The number of fused-ring (bicyclic) bond motifs is 3. The molecule has 0 unspecified atom stereocenters. The molecule has 2 saturated heterocycles. The van der Waals surface area contributed by atoms with Crippen molar-refractivity contribution in [1.29, 1.82) is 0 Å². The first-order chi connectivity index (χ1) is 16.8. The van der Waals surface area contributed by atoms with Gasteiger partial charge in [-0.05, 0) is 35.4 Å². The predicted molar refractivity (Wildman–Crippen MR) is 122 cm³/mol. The van der Waals surface area contributed by atoms with E-state index < -0.39 is 52.7 Å². The van der Waals surface area contributed by atoms with Crippen LogP contribution in [-0.2, 0) is 20.9 Å². The fourth-order valence-corrected chi connectivity index (χ4v) is 5.58. The van der Waals surface area contributed by atoms with E-state index >= 15 is 0 Å². The van der Waals surface area contributed by atoms with Crippen LogP contribution in [0.3, 0.4) is 0 Å². The van der Waals surface area contributed by atoms with Crippen molar-refractivity contribution in [1.82, 2.24) is 4.90 Å². The van der Waals surface area contributed by atoms with E-state index in [1.165, 1.54) is 36.4 Å². The number of ether oxygens (including phenoxy) is 1. The van der Waals surface area contributed by atoms with Gasteiger partial charge >= 0.3 is 0 Å². The molecule has 0 aromatic heterocycles. The minimum atomic E-state index is -2.14. The van der Waals surface area contributed by atoms with Gasteiger partial charge in [-0.15, -0.1) is 0 Å². The molecule has 1 aliphatic carbocycles. The summed E-state index contributed by atoms with van der Waals surface area (Å²) in [5, 5.41) is 0.508. The van der Waals surface area contributed by atoms with Gasteiger partial charge in [0.1, 0.15) is 5.82 Å². The number of carbonyl (C=O) groups excluding carboxylic acids is 4. The lowest BCUT2D eigenvalue weighted by Crippen LogP contribution is -2.50. The van der Waals surface area contributed by atoms with Crippen LogP contribution in [0.15, 0.2) is 72.8 Å². The zero-order valence-corrected chi connectivity index (χ0v) is 18.9. The van der Waals surface area contributed by atoms with E-state index in [9.17, 15) is 23.6 Å². The first kappa shape index (κ1) is 21.8. The van der Waals surface area contributed by atoms with Crippen LogP contribution < -0.4 is 0 Å². The predicted octanol–water partition coefficient (Wildman–Crippen LogP) is 4.17. The van der Waals surface area contributed by atoms with Crippen molar-refractivity contribution in [2.45, 2.75) is 18.2 Å². The number of benzene rings is 3. The molecule has 0 bridgehead atoms. The molecule has 2 amide bonds. The second-order valence-electron chi connectivity index (χ2n) is 8.92. The number of likely N-dealkylation sites (tertiary alicyclic amines) is 1. The molecule has 2 fully saturated rings.